The van der Waals surface area contributed by atoms with Crippen molar-refractivity contribution in [3.05, 3.63) is 35.4 Å². The molecule has 1 aromatic rings. The lowest BCUT2D eigenvalue weighted by Crippen LogP contribution is -2.37. The van der Waals surface area contributed by atoms with Gasteiger partial charge in [-0.1, -0.05) is 24.3 Å². The minimum Gasteiger partial charge on any atom is -0.317 e. The van der Waals surface area contributed by atoms with E-state index in [1.54, 1.807) is 0 Å². The van der Waals surface area contributed by atoms with Crippen molar-refractivity contribution in [3.8, 4) is 0 Å². The maximum absolute atomic E-state index is 3.60. The van der Waals surface area contributed by atoms with E-state index in [9.17, 15) is 0 Å². The highest BCUT2D eigenvalue weighted by molar-refractivity contribution is 5.22. The van der Waals surface area contributed by atoms with Gasteiger partial charge in [0.15, 0.2) is 0 Å². The second kappa shape index (κ2) is 19.9. The van der Waals surface area contributed by atoms with E-state index in [0.717, 1.165) is 118 Å². The van der Waals surface area contributed by atoms with Gasteiger partial charge in [-0.15, -0.1) is 0 Å². The molecule has 0 bridgehead atoms. The van der Waals surface area contributed by atoms with Gasteiger partial charge in [-0.2, -0.15) is 0 Å². The van der Waals surface area contributed by atoms with Crippen molar-refractivity contribution in [2.24, 2.45) is 0 Å². The average molecular weight is 503 g/mol. The molecular formula is C28H54N8. The molecule has 0 spiro atoms. The van der Waals surface area contributed by atoms with Crippen molar-refractivity contribution in [3.63, 3.8) is 0 Å². The normalized spacial score (nSPS) is 22.9. The van der Waals surface area contributed by atoms with Crippen LogP contribution >= 0.6 is 0 Å². The molecule has 0 amide bonds. The number of nitrogens with zero attached hydrogens (tertiary/aromatic N) is 2. The zero-order valence-electron chi connectivity index (χ0n) is 22.8. The van der Waals surface area contributed by atoms with Gasteiger partial charge in [0.2, 0.25) is 0 Å². The van der Waals surface area contributed by atoms with E-state index in [2.05, 4.69) is 66.0 Å². The molecule has 0 unspecified atom stereocenters. The summed E-state index contributed by atoms with van der Waals surface area (Å²) in [4.78, 5) is 5.22. The Kier molecular flexibility index (Phi) is 16.3. The predicted molar refractivity (Wildman–Crippen MR) is 153 cm³/mol. The molecule has 6 N–H and O–H groups in total. The molecule has 2 fully saturated rings. The van der Waals surface area contributed by atoms with Crippen LogP contribution in [0.25, 0.3) is 0 Å². The van der Waals surface area contributed by atoms with Crippen molar-refractivity contribution < 1.29 is 0 Å². The lowest BCUT2D eigenvalue weighted by atomic mass is 10.1. The van der Waals surface area contributed by atoms with Crippen LogP contribution in [0.15, 0.2) is 24.3 Å². The Morgan fingerprint density at radius 2 is 0.722 bits per heavy atom. The van der Waals surface area contributed by atoms with Gasteiger partial charge in [-0.3, -0.25) is 9.80 Å². The Hall–Kier alpha value is -1.10. The zero-order chi connectivity index (χ0) is 24.9. The summed E-state index contributed by atoms with van der Waals surface area (Å²) >= 11 is 0. The molecule has 2 aliphatic heterocycles. The third kappa shape index (κ3) is 14.0. The Morgan fingerprint density at radius 3 is 1.14 bits per heavy atom. The standard InChI is InChI=1S/C28H54N8/c1-9-29-13-3-21-35(23-19-33-17-15-31-11-1)25-27-5-7-28(8-6-27)26-36-22-4-14-30-10-2-12-32-16-18-34-20-24-36/h5-8,29-34H,1-4,9-26H2. The zero-order valence-corrected chi connectivity index (χ0v) is 22.8. The second-order valence-electron chi connectivity index (χ2n) is 10.3. The molecule has 36 heavy (non-hydrogen) atoms. The lowest BCUT2D eigenvalue weighted by Gasteiger charge is -2.24. The van der Waals surface area contributed by atoms with E-state index in [4.69, 9.17) is 0 Å². The molecule has 0 saturated carbocycles. The second-order valence-corrected chi connectivity index (χ2v) is 10.3. The number of nitrogens with one attached hydrogen (secondary N) is 6. The van der Waals surface area contributed by atoms with Crippen molar-refractivity contribution in [2.75, 3.05) is 105 Å². The molecular weight excluding hydrogens is 448 g/mol. The Labute approximate surface area is 220 Å². The fourth-order valence-corrected chi connectivity index (χ4v) is 4.92. The van der Waals surface area contributed by atoms with Gasteiger partial charge in [0.1, 0.15) is 0 Å². The first-order valence-electron chi connectivity index (χ1n) is 14.7. The topological polar surface area (TPSA) is 78.7 Å². The van der Waals surface area contributed by atoms with Crippen LogP contribution in [0.2, 0.25) is 0 Å². The van der Waals surface area contributed by atoms with Gasteiger partial charge in [0, 0.05) is 65.4 Å². The number of rotatable bonds is 4. The molecule has 0 radical (unpaired) electrons. The number of hydrogen-bond acceptors (Lipinski definition) is 8. The summed E-state index contributed by atoms with van der Waals surface area (Å²) in [7, 11) is 0. The fraction of sp³-hybridized carbons (Fsp3) is 0.786. The fourth-order valence-electron chi connectivity index (χ4n) is 4.92. The van der Waals surface area contributed by atoms with Gasteiger partial charge >= 0.3 is 0 Å². The minimum atomic E-state index is 1.04. The third-order valence-corrected chi connectivity index (χ3v) is 7.07. The van der Waals surface area contributed by atoms with Crippen molar-refractivity contribution in [1.82, 2.24) is 41.7 Å². The first-order chi connectivity index (χ1) is 17.9. The predicted octanol–water partition coefficient (Wildman–Crippen LogP) is 0.416. The van der Waals surface area contributed by atoms with E-state index in [-0.39, 0.29) is 0 Å². The molecule has 0 atom stereocenters. The van der Waals surface area contributed by atoms with Crippen LogP contribution in [0.3, 0.4) is 0 Å². The van der Waals surface area contributed by atoms with Gasteiger partial charge in [-0.25, -0.2) is 0 Å². The van der Waals surface area contributed by atoms with Crippen LogP contribution in [0.5, 0.6) is 0 Å². The van der Waals surface area contributed by atoms with Crippen molar-refractivity contribution >= 4 is 0 Å². The van der Waals surface area contributed by atoms with Crippen LogP contribution in [0, 0.1) is 0 Å². The quantitative estimate of drug-likeness (QED) is 0.354. The Balaban J connectivity index is 1.45. The molecule has 2 saturated heterocycles. The lowest BCUT2D eigenvalue weighted by molar-refractivity contribution is 0.258. The molecule has 8 nitrogen and oxygen atoms in total. The SMILES string of the molecule is c1cc(CN2CCCNCCCNCCNCC2)ccc1CN1CCCNCCCNCCNCC1. The summed E-state index contributed by atoms with van der Waals surface area (Å²) in [5.74, 6) is 0. The molecule has 2 aliphatic rings. The van der Waals surface area contributed by atoms with Crippen LogP contribution in [-0.4, -0.2) is 115 Å². The van der Waals surface area contributed by atoms with E-state index in [0.29, 0.717) is 0 Å². The van der Waals surface area contributed by atoms with Crippen LogP contribution in [0.1, 0.15) is 36.8 Å². The smallest absolute Gasteiger partial charge is 0.0234 e. The summed E-state index contributed by atoms with van der Waals surface area (Å²) in [6.07, 6.45) is 4.83. The average Bonchev–Trinajstić information content (AvgIpc) is 2.89. The molecule has 0 aliphatic carbocycles. The summed E-state index contributed by atoms with van der Waals surface area (Å²) in [5.41, 5.74) is 2.85. The first-order valence-corrected chi connectivity index (χ1v) is 14.7. The molecule has 206 valence electrons. The van der Waals surface area contributed by atoms with Gasteiger partial charge in [0.25, 0.3) is 0 Å². The van der Waals surface area contributed by atoms with Gasteiger partial charge in [-0.05, 0) is 89.2 Å². The molecule has 8 heteroatoms. The van der Waals surface area contributed by atoms with Gasteiger partial charge in [0.05, 0.1) is 0 Å². The van der Waals surface area contributed by atoms with Gasteiger partial charge < -0.3 is 31.9 Å². The number of hydrogen-bond donors (Lipinski definition) is 6. The monoisotopic (exact) mass is 502 g/mol. The van der Waals surface area contributed by atoms with Crippen molar-refractivity contribution in [1.29, 1.82) is 0 Å². The Bertz CT molecular complexity index is 558. The summed E-state index contributed by atoms with van der Waals surface area (Å²) in [6, 6.07) is 9.41. The van der Waals surface area contributed by atoms with E-state index >= 15 is 0 Å². The summed E-state index contributed by atoms with van der Waals surface area (Å²) in [5, 5.41) is 21.4. The third-order valence-electron chi connectivity index (χ3n) is 7.07. The molecule has 2 heterocycles. The first kappa shape index (κ1) is 29.5. The van der Waals surface area contributed by atoms with Crippen molar-refractivity contribution in [2.45, 2.75) is 38.8 Å². The maximum atomic E-state index is 3.60. The Morgan fingerprint density at radius 1 is 0.389 bits per heavy atom. The van der Waals surface area contributed by atoms with E-state index in [1.807, 2.05) is 0 Å². The van der Waals surface area contributed by atoms with Crippen LogP contribution in [0.4, 0.5) is 0 Å². The maximum Gasteiger partial charge on any atom is 0.0234 e. The van der Waals surface area contributed by atoms with E-state index in [1.165, 1.54) is 36.8 Å². The largest absolute Gasteiger partial charge is 0.317 e. The molecule has 0 aromatic heterocycles. The highest BCUT2D eigenvalue weighted by atomic mass is 15.1. The summed E-state index contributed by atoms with van der Waals surface area (Å²) < 4.78 is 0. The van der Waals surface area contributed by atoms with E-state index < -0.39 is 0 Å². The molecule has 3 rings (SSSR count). The summed E-state index contributed by atoms with van der Waals surface area (Å²) in [6.45, 7) is 19.6. The molecule has 1 aromatic carbocycles. The van der Waals surface area contributed by atoms with Crippen LogP contribution < -0.4 is 31.9 Å². The van der Waals surface area contributed by atoms with Crippen LogP contribution in [-0.2, 0) is 13.1 Å². The number of benzene rings is 1. The minimum absolute atomic E-state index is 1.04. The highest BCUT2D eigenvalue weighted by Crippen LogP contribution is 2.11. The highest BCUT2D eigenvalue weighted by Gasteiger charge is 2.09.